The zero-order chi connectivity index (χ0) is 13.0. The molecule has 0 aliphatic heterocycles. The summed E-state index contributed by atoms with van der Waals surface area (Å²) >= 11 is 0. The second-order valence-electron chi connectivity index (χ2n) is 3.91. The van der Waals surface area contributed by atoms with Gasteiger partial charge in [-0.15, -0.1) is 0 Å². The number of carbonyl (C=O) groups is 1. The van der Waals surface area contributed by atoms with E-state index in [-0.39, 0.29) is 18.6 Å². The summed E-state index contributed by atoms with van der Waals surface area (Å²) < 4.78 is 1.65. The van der Waals surface area contributed by atoms with Crippen molar-refractivity contribution in [1.82, 2.24) is 20.1 Å². The Morgan fingerprint density at radius 1 is 1.56 bits per heavy atom. The van der Waals surface area contributed by atoms with Crippen molar-refractivity contribution in [2.75, 3.05) is 6.61 Å². The van der Waals surface area contributed by atoms with E-state index in [2.05, 4.69) is 15.4 Å². The minimum atomic E-state index is -0.314. The average molecular weight is 246 g/mol. The lowest BCUT2D eigenvalue weighted by atomic mass is 10.2. The molecule has 0 aliphatic rings. The predicted octanol–water partition coefficient (Wildman–Crippen LogP) is 0.378. The molecule has 2 aromatic heterocycles. The Labute approximate surface area is 104 Å². The first-order valence-corrected chi connectivity index (χ1v) is 5.58. The number of nitrogens with one attached hydrogen (secondary N) is 1. The number of amides is 1. The number of aliphatic hydroxyl groups is 1. The van der Waals surface area contributed by atoms with Crippen molar-refractivity contribution in [3.8, 4) is 5.69 Å². The van der Waals surface area contributed by atoms with E-state index < -0.39 is 0 Å². The highest BCUT2D eigenvalue weighted by atomic mass is 16.3. The van der Waals surface area contributed by atoms with Crippen LogP contribution in [0.5, 0.6) is 0 Å². The van der Waals surface area contributed by atoms with Gasteiger partial charge in [0.15, 0.2) is 0 Å². The molecule has 0 radical (unpaired) electrons. The van der Waals surface area contributed by atoms with Gasteiger partial charge in [0.1, 0.15) is 5.69 Å². The Morgan fingerprint density at radius 2 is 2.39 bits per heavy atom. The topological polar surface area (TPSA) is 80.0 Å². The lowest BCUT2D eigenvalue weighted by Crippen LogP contribution is -2.35. The van der Waals surface area contributed by atoms with E-state index >= 15 is 0 Å². The molecule has 2 heterocycles. The first-order valence-electron chi connectivity index (χ1n) is 5.58. The lowest BCUT2D eigenvalue weighted by molar-refractivity contribution is 0.0917. The second-order valence-corrected chi connectivity index (χ2v) is 3.91. The molecule has 94 valence electrons. The molecule has 1 amide bonds. The van der Waals surface area contributed by atoms with E-state index in [0.29, 0.717) is 5.69 Å². The monoisotopic (exact) mass is 246 g/mol. The number of hydrogen-bond donors (Lipinski definition) is 2. The summed E-state index contributed by atoms with van der Waals surface area (Å²) in [6.45, 7) is 1.61. The molecular formula is C12H14N4O2. The Kier molecular flexibility index (Phi) is 3.69. The Hall–Kier alpha value is -2.21. The summed E-state index contributed by atoms with van der Waals surface area (Å²) in [6.07, 6.45) is 5.00. The maximum Gasteiger partial charge on any atom is 0.270 e. The van der Waals surface area contributed by atoms with Crippen molar-refractivity contribution in [1.29, 1.82) is 0 Å². The molecular weight excluding hydrogens is 232 g/mol. The van der Waals surface area contributed by atoms with Crippen molar-refractivity contribution in [2.24, 2.45) is 0 Å². The van der Waals surface area contributed by atoms with Crippen molar-refractivity contribution >= 4 is 5.91 Å². The summed E-state index contributed by atoms with van der Waals surface area (Å²) in [6, 6.07) is 4.91. The van der Waals surface area contributed by atoms with E-state index in [4.69, 9.17) is 5.11 Å². The molecule has 0 aliphatic carbocycles. The summed E-state index contributed by atoms with van der Waals surface area (Å²) in [4.78, 5) is 15.8. The van der Waals surface area contributed by atoms with Gasteiger partial charge in [0, 0.05) is 24.6 Å². The van der Waals surface area contributed by atoms with Crippen LogP contribution in [0.1, 0.15) is 17.4 Å². The number of carbonyl (C=O) groups excluding carboxylic acids is 1. The van der Waals surface area contributed by atoms with Gasteiger partial charge in [-0.1, -0.05) is 0 Å². The number of aromatic nitrogens is 3. The van der Waals surface area contributed by atoms with Crippen LogP contribution in [0, 0.1) is 0 Å². The number of rotatable bonds is 4. The average Bonchev–Trinajstić information content (AvgIpc) is 2.92. The molecule has 0 bridgehead atoms. The van der Waals surface area contributed by atoms with E-state index in [0.717, 1.165) is 5.69 Å². The maximum absolute atomic E-state index is 11.8. The van der Waals surface area contributed by atoms with Gasteiger partial charge in [0.05, 0.1) is 12.3 Å². The molecule has 6 heteroatoms. The quantitative estimate of drug-likeness (QED) is 0.817. The highest BCUT2D eigenvalue weighted by molar-refractivity contribution is 5.92. The van der Waals surface area contributed by atoms with Crippen LogP contribution in [0.25, 0.3) is 5.69 Å². The van der Waals surface area contributed by atoms with Crippen molar-refractivity contribution in [3.05, 3.63) is 42.5 Å². The van der Waals surface area contributed by atoms with Gasteiger partial charge >= 0.3 is 0 Å². The summed E-state index contributed by atoms with van der Waals surface area (Å²) in [5.74, 6) is -0.314. The highest BCUT2D eigenvalue weighted by Gasteiger charge is 2.11. The smallest absolute Gasteiger partial charge is 0.270 e. The van der Waals surface area contributed by atoms with Gasteiger partial charge in [0.2, 0.25) is 0 Å². The molecule has 0 saturated heterocycles. The number of pyridine rings is 1. The molecule has 2 rings (SSSR count). The molecule has 18 heavy (non-hydrogen) atoms. The lowest BCUT2D eigenvalue weighted by Gasteiger charge is -2.10. The van der Waals surface area contributed by atoms with Crippen LogP contribution in [-0.2, 0) is 0 Å². The van der Waals surface area contributed by atoms with Crippen molar-refractivity contribution in [2.45, 2.75) is 13.0 Å². The zero-order valence-electron chi connectivity index (χ0n) is 9.95. The standard InChI is InChI=1S/C12H14N4O2/c1-9(8-17)15-12(18)11-7-10(3-5-13-11)16-6-2-4-14-16/h2-7,9,17H,8H2,1H3,(H,15,18). The third-order valence-electron chi connectivity index (χ3n) is 2.40. The molecule has 1 atom stereocenters. The fraction of sp³-hybridized carbons (Fsp3) is 0.250. The van der Waals surface area contributed by atoms with Crippen LogP contribution >= 0.6 is 0 Å². The normalized spacial score (nSPS) is 12.1. The van der Waals surface area contributed by atoms with Crippen LogP contribution < -0.4 is 5.32 Å². The Bertz CT molecular complexity index is 525. The van der Waals surface area contributed by atoms with E-state index in [9.17, 15) is 4.79 Å². The SMILES string of the molecule is CC(CO)NC(=O)c1cc(-n2cccn2)ccn1. The summed E-state index contributed by atoms with van der Waals surface area (Å²) in [5, 5.41) is 15.6. The minimum Gasteiger partial charge on any atom is -0.394 e. The van der Waals surface area contributed by atoms with Gasteiger partial charge in [-0.25, -0.2) is 4.68 Å². The van der Waals surface area contributed by atoms with E-state index in [1.165, 1.54) is 0 Å². The van der Waals surface area contributed by atoms with Gasteiger partial charge in [-0.2, -0.15) is 5.10 Å². The molecule has 0 saturated carbocycles. The van der Waals surface area contributed by atoms with E-state index in [1.807, 2.05) is 0 Å². The Morgan fingerprint density at radius 3 is 3.06 bits per heavy atom. The van der Waals surface area contributed by atoms with Gasteiger partial charge < -0.3 is 10.4 Å². The molecule has 6 nitrogen and oxygen atoms in total. The summed E-state index contributed by atoms with van der Waals surface area (Å²) in [7, 11) is 0. The van der Waals surface area contributed by atoms with Gasteiger partial charge in [-0.3, -0.25) is 9.78 Å². The van der Waals surface area contributed by atoms with Crippen LogP contribution in [0.4, 0.5) is 0 Å². The molecule has 0 fully saturated rings. The first kappa shape index (κ1) is 12.3. The third-order valence-corrected chi connectivity index (χ3v) is 2.40. The van der Waals surface area contributed by atoms with Crippen molar-refractivity contribution in [3.63, 3.8) is 0 Å². The van der Waals surface area contributed by atoms with Gasteiger partial charge in [0.25, 0.3) is 5.91 Å². The molecule has 2 N–H and O–H groups in total. The van der Waals surface area contributed by atoms with Crippen LogP contribution in [0.15, 0.2) is 36.8 Å². The molecule has 1 unspecified atom stereocenters. The predicted molar refractivity (Wildman–Crippen MR) is 65.4 cm³/mol. The summed E-state index contributed by atoms with van der Waals surface area (Å²) in [5.41, 5.74) is 1.06. The Balaban J connectivity index is 2.20. The number of hydrogen-bond acceptors (Lipinski definition) is 4. The fourth-order valence-electron chi connectivity index (χ4n) is 1.45. The first-order chi connectivity index (χ1) is 8.70. The number of aliphatic hydroxyl groups excluding tert-OH is 1. The van der Waals surface area contributed by atoms with Gasteiger partial charge in [-0.05, 0) is 25.1 Å². The molecule has 0 spiro atoms. The second kappa shape index (κ2) is 5.42. The van der Waals surface area contributed by atoms with Crippen LogP contribution in [0.3, 0.4) is 0 Å². The molecule has 0 aromatic carbocycles. The maximum atomic E-state index is 11.8. The van der Waals surface area contributed by atoms with Crippen molar-refractivity contribution < 1.29 is 9.90 Å². The largest absolute Gasteiger partial charge is 0.394 e. The van der Waals surface area contributed by atoms with Crippen LogP contribution in [0.2, 0.25) is 0 Å². The van der Waals surface area contributed by atoms with E-state index in [1.54, 1.807) is 48.4 Å². The zero-order valence-corrected chi connectivity index (χ0v) is 9.95. The third kappa shape index (κ3) is 2.72. The fourth-order valence-corrected chi connectivity index (χ4v) is 1.45. The highest BCUT2D eigenvalue weighted by Crippen LogP contribution is 2.07. The minimum absolute atomic E-state index is 0.107. The molecule has 2 aromatic rings. The number of nitrogens with zero attached hydrogens (tertiary/aromatic N) is 3. The van der Waals surface area contributed by atoms with Crippen LogP contribution in [-0.4, -0.2) is 38.4 Å².